The van der Waals surface area contributed by atoms with Gasteiger partial charge in [0.25, 0.3) is 5.91 Å². The summed E-state index contributed by atoms with van der Waals surface area (Å²) in [6.45, 7) is 2.11. The summed E-state index contributed by atoms with van der Waals surface area (Å²) >= 11 is 7.27. The first kappa shape index (κ1) is 14.8. The molecule has 1 amide bonds. The molecule has 3 rings (SSSR count). The van der Waals surface area contributed by atoms with Crippen LogP contribution < -0.4 is 0 Å². The number of thiophene rings is 1. The van der Waals surface area contributed by atoms with Crippen molar-refractivity contribution in [3.05, 3.63) is 35.2 Å². The van der Waals surface area contributed by atoms with Gasteiger partial charge in [-0.3, -0.25) is 4.79 Å². The molecular formula is C16H18ClNO2S. The number of hydrogen-bond acceptors (Lipinski definition) is 3. The zero-order valence-electron chi connectivity index (χ0n) is 11.8. The molecule has 0 unspecified atom stereocenters. The van der Waals surface area contributed by atoms with Crippen LogP contribution in [-0.4, -0.2) is 42.5 Å². The third-order valence-electron chi connectivity index (χ3n) is 3.87. The van der Waals surface area contributed by atoms with Crippen molar-refractivity contribution in [3.63, 3.8) is 0 Å². The van der Waals surface area contributed by atoms with Crippen molar-refractivity contribution >= 4 is 38.9 Å². The lowest BCUT2D eigenvalue weighted by Crippen LogP contribution is -2.41. The van der Waals surface area contributed by atoms with Crippen molar-refractivity contribution in [3.8, 4) is 0 Å². The molecule has 2 heterocycles. The average Bonchev–Trinajstić information content (AvgIpc) is 2.97. The van der Waals surface area contributed by atoms with Crippen LogP contribution in [0.1, 0.15) is 23.2 Å². The van der Waals surface area contributed by atoms with Gasteiger partial charge in [0.1, 0.15) is 0 Å². The summed E-state index contributed by atoms with van der Waals surface area (Å²) in [5.41, 5.74) is 0.829. The topological polar surface area (TPSA) is 29.5 Å². The molecule has 112 valence electrons. The molecule has 2 aromatic rings. The smallest absolute Gasteiger partial charge is 0.255 e. The number of alkyl halides is 1. The van der Waals surface area contributed by atoms with E-state index in [-0.39, 0.29) is 12.0 Å². The summed E-state index contributed by atoms with van der Waals surface area (Å²) in [5.74, 6) is 0.670. The Balaban J connectivity index is 1.67. The van der Waals surface area contributed by atoms with Crippen LogP contribution >= 0.6 is 22.9 Å². The van der Waals surface area contributed by atoms with Gasteiger partial charge in [0, 0.05) is 34.4 Å². The van der Waals surface area contributed by atoms with E-state index in [4.69, 9.17) is 16.3 Å². The summed E-state index contributed by atoms with van der Waals surface area (Å²) in [6, 6.07) is 8.07. The van der Waals surface area contributed by atoms with Gasteiger partial charge in [0.2, 0.25) is 0 Å². The van der Waals surface area contributed by atoms with E-state index in [1.54, 1.807) is 11.3 Å². The summed E-state index contributed by atoms with van der Waals surface area (Å²) in [4.78, 5) is 14.6. The van der Waals surface area contributed by atoms with Crippen LogP contribution in [0.4, 0.5) is 0 Å². The number of carbonyl (C=O) groups is 1. The standard InChI is InChI=1S/C16H18ClNO2S/c17-7-10-20-12-5-8-18(9-6-12)16(19)14-11-21-15-4-2-1-3-13(14)15/h1-4,11-12H,5-10H2. The van der Waals surface area contributed by atoms with E-state index in [9.17, 15) is 4.79 Å². The molecule has 21 heavy (non-hydrogen) atoms. The monoisotopic (exact) mass is 323 g/mol. The van der Waals surface area contributed by atoms with E-state index in [1.165, 1.54) is 4.70 Å². The van der Waals surface area contributed by atoms with Crippen molar-refractivity contribution in [2.75, 3.05) is 25.6 Å². The van der Waals surface area contributed by atoms with E-state index in [0.717, 1.165) is 36.9 Å². The molecule has 1 aromatic carbocycles. The number of amides is 1. The molecule has 1 saturated heterocycles. The summed E-state index contributed by atoms with van der Waals surface area (Å²) < 4.78 is 6.82. The molecule has 0 N–H and O–H groups in total. The Morgan fingerprint density at radius 2 is 2.10 bits per heavy atom. The fraction of sp³-hybridized carbons (Fsp3) is 0.438. The minimum atomic E-state index is 0.142. The highest BCUT2D eigenvalue weighted by atomic mass is 35.5. The average molecular weight is 324 g/mol. The second kappa shape index (κ2) is 6.77. The van der Waals surface area contributed by atoms with Gasteiger partial charge in [-0.25, -0.2) is 0 Å². The zero-order chi connectivity index (χ0) is 14.7. The largest absolute Gasteiger partial charge is 0.377 e. The lowest BCUT2D eigenvalue weighted by Gasteiger charge is -2.31. The number of nitrogens with zero attached hydrogens (tertiary/aromatic N) is 1. The summed E-state index contributed by atoms with van der Waals surface area (Å²) in [6.07, 6.45) is 2.03. The molecule has 3 nitrogen and oxygen atoms in total. The van der Waals surface area contributed by atoms with Crippen molar-refractivity contribution < 1.29 is 9.53 Å². The number of hydrogen-bond donors (Lipinski definition) is 0. The molecule has 1 aromatic heterocycles. The highest BCUT2D eigenvalue weighted by Crippen LogP contribution is 2.27. The van der Waals surface area contributed by atoms with Gasteiger partial charge in [-0.15, -0.1) is 22.9 Å². The first-order valence-corrected chi connectivity index (χ1v) is 8.64. The van der Waals surface area contributed by atoms with E-state index in [1.807, 2.05) is 28.5 Å². The maximum atomic E-state index is 12.7. The van der Waals surface area contributed by atoms with Crippen LogP contribution in [-0.2, 0) is 4.74 Å². The van der Waals surface area contributed by atoms with Gasteiger partial charge in [-0.2, -0.15) is 0 Å². The molecule has 0 bridgehead atoms. The lowest BCUT2D eigenvalue weighted by atomic mass is 10.1. The lowest BCUT2D eigenvalue weighted by molar-refractivity contribution is 0.0155. The first-order valence-electron chi connectivity index (χ1n) is 7.22. The van der Waals surface area contributed by atoms with E-state index < -0.39 is 0 Å². The summed E-state index contributed by atoms with van der Waals surface area (Å²) in [7, 11) is 0. The quantitative estimate of drug-likeness (QED) is 0.802. The minimum Gasteiger partial charge on any atom is -0.377 e. The van der Waals surface area contributed by atoms with Crippen molar-refractivity contribution in [2.45, 2.75) is 18.9 Å². The Morgan fingerprint density at radius 1 is 1.33 bits per heavy atom. The second-order valence-corrected chi connectivity index (χ2v) is 6.49. The molecule has 1 aliphatic heterocycles. The third-order valence-corrected chi connectivity index (χ3v) is 4.99. The third kappa shape index (κ3) is 3.23. The Morgan fingerprint density at radius 3 is 2.86 bits per heavy atom. The van der Waals surface area contributed by atoms with E-state index >= 15 is 0 Å². The molecule has 0 radical (unpaired) electrons. The number of rotatable bonds is 4. The Hall–Kier alpha value is -1.10. The van der Waals surface area contributed by atoms with Crippen LogP contribution in [0.15, 0.2) is 29.6 Å². The highest BCUT2D eigenvalue weighted by molar-refractivity contribution is 7.17. The Labute approximate surface area is 133 Å². The zero-order valence-corrected chi connectivity index (χ0v) is 13.3. The fourth-order valence-electron chi connectivity index (χ4n) is 2.75. The predicted molar refractivity (Wildman–Crippen MR) is 87.4 cm³/mol. The Bertz CT molecular complexity index is 620. The first-order chi connectivity index (χ1) is 10.3. The maximum absolute atomic E-state index is 12.7. The van der Waals surface area contributed by atoms with Gasteiger partial charge >= 0.3 is 0 Å². The number of fused-ring (bicyclic) bond motifs is 1. The van der Waals surface area contributed by atoms with Crippen LogP contribution in [0, 0.1) is 0 Å². The number of piperidine rings is 1. The van der Waals surface area contributed by atoms with Crippen molar-refractivity contribution in [1.29, 1.82) is 0 Å². The van der Waals surface area contributed by atoms with Gasteiger partial charge < -0.3 is 9.64 Å². The van der Waals surface area contributed by atoms with Crippen molar-refractivity contribution in [1.82, 2.24) is 4.90 Å². The molecule has 5 heteroatoms. The number of likely N-dealkylation sites (tertiary alicyclic amines) is 1. The maximum Gasteiger partial charge on any atom is 0.255 e. The highest BCUT2D eigenvalue weighted by Gasteiger charge is 2.25. The molecule has 0 atom stereocenters. The van der Waals surface area contributed by atoms with E-state index in [0.29, 0.717) is 12.5 Å². The number of carbonyl (C=O) groups excluding carboxylic acids is 1. The van der Waals surface area contributed by atoms with E-state index in [2.05, 4.69) is 6.07 Å². The van der Waals surface area contributed by atoms with Crippen molar-refractivity contribution in [2.24, 2.45) is 0 Å². The minimum absolute atomic E-state index is 0.142. The fourth-order valence-corrected chi connectivity index (χ4v) is 3.77. The van der Waals surface area contributed by atoms with Gasteiger partial charge in [0.05, 0.1) is 18.3 Å². The van der Waals surface area contributed by atoms with Gasteiger partial charge in [-0.1, -0.05) is 18.2 Å². The molecule has 0 spiro atoms. The number of ether oxygens (including phenoxy) is 1. The van der Waals surface area contributed by atoms with Gasteiger partial charge in [0.15, 0.2) is 0 Å². The number of halogens is 1. The normalized spacial score (nSPS) is 16.5. The van der Waals surface area contributed by atoms with Crippen LogP contribution in [0.25, 0.3) is 10.1 Å². The Kier molecular flexibility index (Phi) is 4.78. The molecule has 1 aliphatic rings. The number of benzene rings is 1. The van der Waals surface area contributed by atoms with Gasteiger partial charge in [-0.05, 0) is 18.9 Å². The van der Waals surface area contributed by atoms with Crippen LogP contribution in [0.2, 0.25) is 0 Å². The SMILES string of the molecule is O=C(c1csc2ccccc12)N1CCC(OCCCl)CC1. The molecule has 0 saturated carbocycles. The molecular weight excluding hydrogens is 306 g/mol. The molecule has 1 fully saturated rings. The summed E-state index contributed by atoms with van der Waals surface area (Å²) in [5, 5.41) is 3.04. The predicted octanol–water partition coefficient (Wildman–Crippen LogP) is 3.76. The van der Waals surface area contributed by atoms with Crippen LogP contribution in [0.5, 0.6) is 0 Å². The molecule has 0 aliphatic carbocycles. The second-order valence-electron chi connectivity index (χ2n) is 5.20. The van der Waals surface area contributed by atoms with Crippen LogP contribution in [0.3, 0.4) is 0 Å².